The molecule has 4 rings (SSSR count). The second kappa shape index (κ2) is 9.32. The topological polar surface area (TPSA) is 72.7 Å². The summed E-state index contributed by atoms with van der Waals surface area (Å²) in [4.78, 5) is 16.6. The maximum absolute atomic E-state index is 12.5. The summed E-state index contributed by atoms with van der Waals surface area (Å²) in [6.45, 7) is 4.14. The molecule has 8 heteroatoms. The SMILES string of the molecule is Cc1ccc(-n2c(SCC(=O)Nc3ccccc3Cl)nnc2-c2ccncc2)cc1C. The number of aryl methyl sites for hydroxylation is 2. The van der Waals surface area contributed by atoms with E-state index in [9.17, 15) is 4.79 Å². The molecule has 0 atom stereocenters. The highest BCUT2D eigenvalue weighted by molar-refractivity contribution is 7.99. The number of nitrogens with zero attached hydrogens (tertiary/aromatic N) is 4. The maximum Gasteiger partial charge on any atom is 0.234 e. The van der Waals surface area contributed by atoms with E-state index < -0.39 is 0 Å². The molecular formula is C23H20ClN5OS. The van der Waals surface area contributed by atoms with Gasteiger partial charge in [0, 0.05) is 18.0 Å². The Hall–Kier alpha value is -3.16. The number of nitrogens with one attached hydrogen (secondary N) is 1. The molecule has 31 heavy (non-hydrogen) atoms. The molecule has 0 bridgehead atoms. The van der Waals surface area contributed by atoms with Crippen molar-refractivity contribution in [2.75, 3.05) is 11.1 Å². The second-order valence-electron chi connectivity index (χ2n) is 6.96. The molecule has 4 aromatic rings. The van der Waals surface area contributed by atoms with Gasteiger partial charge >= 0.3 is 0 Å². The summed E-state index contributed by atoms with van der Waals surface area (Å²) in [5, 5.41) is 12.7. The lowest BCUT2D eigenvalue weighted by Crippen LogP contribution is -2.14. The van der Waals surface area contributed by atoms with Crippen molar-refractivity contribution >= 4 is 35.0 Å². The standard InChI is InChI=1S/C23H20ClN5OS/c1-15-7-8-18(13-16(15)2)29-22(17-9-11-25-12-10-17)27-28-23(29)31-14-21(30)26-20-6-4-3-5-19(20)24/h3-13H,14H2,1-2H3,(H,26,30). The van der Waals surface area contributed by atoms with E-state index in [0.717, 1.165) is 11.3 Å². The number of carbonyl (C=O) groups is 1. The Morgan fingerprint density at radius 2 is 1.81 bits per heavy atom. The molecule has 2 heterocycles. The van der Waals surface area contributed by atoms with Crippen molar-refractivity contribution < 1.29 is 4.79 Å². The van der Waals surface area contributed by atoms with Gasteiger partial charge in [-0.2, -0.15) is 0 Å². The van der Waals surface area contributed by atoms with Gasteiger partial charge in [-0.05, 0) is 61.4 Å². The lowest BCUT2D eigenvalue weighted by Gasteiger charge is -2.12. The molecule has 1 N–H and O–H groups in total. The number of anilines is 1. The van der Waals surface area contributed by atoms with Crippen molar-refractivity contribution in [3.63, 3.8) is 0 Å². The molecule has 0 unspecified atom stereocenters. The highest BCUT2D eigenvalue weighted by atomic mass is 35.5. The van der Waals surface area contributed by atoms with E-state index in [-0.39, 0.29) is 11.7 Å². The first-order valence-electron chi connectivity index (χ1n) is 9.63. The number of halogens is 1. The Morgan fingerprint density at radius 3 is 2.55 bits per heavy atom. The predicted octanol–water partition coefficient (Wildman–Crippen LogP) is 5.33. The number of thioether (sulfide) groups is 1. The number of para-hydroxylation sites is 1. The van der Waals surface area contributed by atoms with Gasteiger partial charge in [-0.25, -0.2) is 0 Å². The van der Waals surface area contributed by atoms with Gasteiger partial charge in [0.15, 0.2) is 11.0 Å². The zero-order valence-electron chi connectivity index (χ0n) is 17.0. The van der Waals surface area contributed by atoms with Crippen molar-refractivity contribution in [2.45, 2.75) is 19.0 Å². The minimum absolute atomic E-state index is 0.168. The molecule has 0 aliphatic rings. The molecule has 2 aromatic heterocycles. The van der Waals surface area contributed by atoms with Crippen LogP contribution in [0.5, 0.6) is 0 Å². The lowest BCUT2D eigenvalue weighted by atomic mass is 10.1. The Bertz CT molecular complexity index is 1230. The van der Waals surface area contributed by atoms with E-state index in [2.05, 4.69) is 46.5 Å². The Morgan fingerprint density at radius 1 is 1.03 bits per heavy atom. The van der Waals surface area contributed by atoms with Crippen molar-refractivity contribution in [3.05, 3.63) is 83.1 Å². The minimum atomic E-state index is -0.168. The summed E-state index contributed by atoms with van der Waals surface area (Å²) in [7, 11) is 0. The average molecular weight is 450 g/mol. The molecule has 6 nitrogen and oxygen atoms in total. The van der Waals surface area contributed by atoms with E-state index >= 15 is 0 Å². The third-order valence-corrected chi connectivity index (χ3v) is 6.06. The Kier molecular flexibility index (Phi) is 6.34. The van der Waals surface area contributed by atoms with Gasteiger partial charge in [0.05, 0.1) is 22.2 Å². The largest absolute Gasteiger partial charge is 0.324 e. The molecular weight excluding hydrogens is 430 g/mol. The van der Waals surface area contributed by atoms with Gasteiger partial charge in [0.1, 0.15) is 0 Å². The monoisotopic (exact) mass is 449 g/mol. The zero-order valence-corrected chi connectivity index (χ0v) is 18.6. The molecule has 156 valence electrons. The number of pyridine rings is 1. The van der Waals surface area contributed by atoms with Crippen LogP contribution in [0.4, 0.5) is 5.69 Å². The highest BCUT2D eigenvalue weighted by Gasteiger charge is 2.18. The minimum Gasteiger partial charge on any atom is -0.324 e. The van der Waals surface area contributed by atoms with Crippen LogP contribution in [0.2, 0.25) is 5.02 Å². The molecule has 2 aromatic carbocycles. The number of benzene rings is 2. The molecule has 1 amide bonds. The van der Waals surface area contributed by atoms with Crippen LogP contribution in [-0.2, 0) is 4.79 Å². The number of aromatic nitrogens is 4. The fraction of sp³-hybridized carbons (Fsp3) is 0.130. The van der Waals surface area contributed by atoms with Gasteiger partial charge in [0.2, 0.25) is 5.91 Å². The summed E-state index contributed by atoms with van der Waals surface area (Å²) >= 11 is 7.46. The maximum atomic E-state index is 12.5. The van der Waals surface area contributed by atoms with Crippen LogP contribution in [0.15, 0.2) is 72.1 Å². The van der Waals surface area contributed by atoms with Crippen molar-refractivity contribution in [1.29, 1.82) is 0 Å². The van der Waals surface area contributed by atoms with E-state index in [1.807, 2.05) is 34.9 Å². The molecule has 0 spiro atoms. The summed E-state index contributed by atoms with van der Waals surface area (Å²) in [5.74, 6) is 0.697. The van der Waals surface area contributed by atoms with Crippen LogP contribution in [0.3, 0.4) is 0 Å². The Labute approximate surface area is 189 Å². The third-order valence-electron chi connectivity index (χ3n) is 4.80. The first-order valence-corrected chi connectivity index (χ1v) is 11.0. The third kappa shape index (κ3) is 4.78. The first kappa shape index (κ1) is 21.1. The first-order chi connectivity index (χ1) is 15.0. The number of hydrogen-bond acceptors (Lipinski definition) is 5. The van der Waals surface area contributed by atoms with Crippen LogP contribution in [-0.4, -0.2) is 31.4 Å². The van der Waals surface area contributed by atoms with Gasteiger partial charge in [-0.1, -0.05) is 41.6 Å². The van der Waals surface area contributed by atoms with E-state index in [0.29, 0.717) is 21.7 Å². The normalized spacial score (nSPS) is 10.8. The summed E-state index contributed by atoms with van der Waals surface area (Å²) in [5.41, 5.74) is 4.79. The summed E-state index contributed by atoms with van der Waals surface area (Å²) in [6.07, 6.45) is 3.44. The smallest absolute Gasteiger partial charge is 0.234 e. The Balaban J connectivity index is 1.63. The highest BCUT2D eigenvalue weighted by Crippen LogP contribution is 2.29. The van der Waals surface area contributed by atoms with E-state index in [1.165, 1.54) is 22.9 Å². The number of amides is 1. The van der Waals surface area contributed by atoms with Gasteiger partial charge in [-0.15, -0.1) is 10.2 Å². The quantitative estimate of drug-likeness (QED) is 0.403. The summed E-state index contributed by atoms with van der Waals surface area (Å²) in [6, 6.07) is 17.1. The number of carbonyl (C=O) groups excluding carboxylic acids is 1. The number of rotatable bonds is 6. The summed E-state index contributed by atoms with van der Waals surface area (Å²) < 4.78 is 1.97. The van der Waals surface area contributed by atoms with Crippen molar-refractivity contribution in [1.82, 2.24) is 19.7 Å². The molecule has 0 radical (unpaired) electrons. The van der Waals surface area contributed by atoms with Gasteiger partial charge < -0.3 is 5.32 Å². The number of hydrogen-bond donors (Lipinski definition) is 1. The average Bonchev–Trinajstić information content (AvgIpc) is 3.20. The molecule has 0 saturated carbocycles. The van der Waals surface area contributed by atoms with Crippen LogP contribution in [0, 0.1) is 13.8 Å². The zero-order chi connectivity index (χ0) is 21.8. The predicted molar refractivity (Wildman–Crippen MR) is 125 cm³/mol. The van der Waals surface area contributed by atoms with E-state index in [4.69, 9.17) is 11.6 Å². The van der Waals surface area contributed by atoms with Crippen molar-refractivity contribution in [2.24, 2.45) is 0 Å². The fourth-order valence-electron chi connectivity index (χ4n) is 3.03. The molecule has 0 aliphatic heterocycles. The van der Waals surface area contributed by atoms with Crippen LogP contribution in [0.1, 0.15) is 11.1 Å². The van der Waals surface area contributed by atoms with Crippen LogP contribution < -0.4 is 5.32 Å². The molecule has 0 saturated heterocycles. The fourth-order valence-corrected chi connectivity index (χ4v) is 3.96. The van der Waals surface area contributed by atoms with Crippen LogP contribution in [0.25, 0.3) is 17.1 Å². The van der Waals surface area contributed by atoms with Crippen LogP contribution >= 0.6 is 23.4 Å². The molecule has 0 fully saturated rings. The lowest BCUT2D eigenvalue weighted by molar-refractivity contribution is -0.113. The molecule has 0 aliphatic carbocycles. The van der Waals surface area contributed by atoms with Gasteiger partial charge in [0.25, 0.3) is 0 Å². The van der Waals surface area contributed by atoms with Gasteiger partial charge in [-0.3, -0.25) is 14.3 Å². The van der Waals surface area contributed by atoms with E-state index in [1.54, 1.807) is 24.5 Å². The van der Waals surface area contributed by atoms with Crippen molar-refractivity contribution in [3.8, 4) is 17.1 Å². The second-order valence-corrected chi connectivity index (χ2v) is 8.31.